The first-order valence-corrected chi connectivity index (χ1v) is 10.1. The normalized spacial score (nSPS) is 14.9. The number of guanidine groups is 1. The zero-order valence-electron chi connectivity index (χ0n) is 17.3. The van der Waals surface area contributed by atoms with E-state index in [1.165, 1.54) is 12.1 Å². The van der Waals surface area contributed by atoms with E-state index in [2.05, 4.69) is 20.5 Å². The van der Waals surface area contributed by atoms with Crippen LogP contribution in [-0.4, -0.2) is 63.2 Å². The van der Waals surface area contributed by atoms with Crippen LogP contribution in [0.25, 0.3) is 0 Å². The molecule has 0 saturated carbocycles. The van der Waals surface area contributed by atoms with Crippen LogP contribution in [0, 0.1) is 0 Å². The molecule has 2 rings (SSSR count). The van der Waals surface area contributed by atoms with Crippen LogP contribution in [0.1, 0.15) is 32.3 Å². The highest BCUT2D eigenvalue weighted by molar-refractivity contribution is 14.0. The number of benzene rings is 1. The number of alkyl halides is 3. The van der Waals surface area contributed by atoms with Gasteiger partial charge in [-0.1, -0.05) is 6.07 Å². The van der Waals surface area contributed by atoms with Gasteiger partial charge in [-0.3, -0.25) is 9.89 Å². The van der Waals surface area contributed by atoms with E-state index >= 15 is 0 Å². The lowest BCUT2D eigenvalue weighted by molar-refractivity contribution is -0.137. The Labute approximate surface area is 189 Å². The van der Waals surface area contributed by atoms with Crippen LogP contribution in [0.4, 0.5) is 18.9 Å². The predicted octanol–water partition coefficient (Wildman–Crippen LogP) is 3.80. The molecule has 1 heterocycles. The second-order valence-electron chi connectivity index (χ2n) is 6.87. The van der Waals surface area contributed by atoms with E-state index in [0.29, 0.717) is 5.69 Å². The number of nitrogens with zero attached hydrogens (tertiary/aromatic N) is 3. The van der Waals surface area contributed by atoms with Gasteiger partial charge in [0.15, 0.2) is 5.96 Å². The van der Waals surface area contributed by atoms with E-state index in [1.807, 2.05) is 18.7 Å². The Balaban J connectivity index is 0.00000420. The number of unbranched alkanes of at least 4 members (excludes halogenated alkanes) is 1. The van der Waals surface area contributed by atoms with Gasteiger partial charge in [-0.2, -0.15) is 13.2 Å². The Bertz CT molecular complexity index is 608. The maximum atomic E-state index is 12.9. The minimum Gasteiger partial charge on any atom is -0.369 e. The van der Waals surface area contributed by atoms with Crippen LogP contribution in [0.15, 0.2) is 29.3 Å². The topological polar surface area (TPSA) is 42.9 Å². The number of nitrogens with one attached hydrogen (secondary N) is 2. The van der Waals surface area contributed by atoms with Crippen molar-refractivity contribution in [1.29, 1.82) is 0 Å². The maximum Gasteiger partial charge on any atom is 0.416 e. The largest absolute Gasteiger partial charge is 0.416 e. The molecule has 0 amide bonds. The number of rotatable bonds is 8. The van der Waals surface area contributed by atoms with E-state index in [-0.39, 0.29) is 24.0 Å². The summed E-state index contributed by atoms with van der Waals surface area (Å²) in [6, 6.07) is 5.62. The summed E-state index contributed by atoms with van der Waals surface area (Å²) in [7, 11) is 0. The molecule has 9 heteroatoms. The van der Waals surface area contributed by atoms with Crippen LogP contribution in [0.5, 0.6) is 0 Å². The minimum absolute atomic E-state index is 0. The van der Waals surface area contributed by atoms with Gasteiger partial charge in [-0.05, 0) is 51.4 Å². The lowest BCUT2D eigenvalue weighted by atomic mass is 10.1. The van der Waals surface area contributed by atoms with Crippen LogP contribution < -0.4 is 15.5 Å². The van der Waals surface area contributed by atoms with Crippen molar-refractivity contribution in [2.24, 2.45) is 4.99 Å². The van der Waals surface area contributed by atoms with E-state index < -0.39 is 11.7 Å². The number of piperazine rings is 1. The lowest BCUT2D eigenvalue weighted by Crippen LogP contribution is -2.46. The first-order chi connectivity index (χ1) is 13.4. The molecule has 1 aromatic rings. The third-order valence-corrected chi connectivity index (χ3v) is 4.75. The van der Waals surface area contributed by atoms with Crippen molar-refractivity contribution < 1.29 is 13.2 Å². The fourth-order valence-electron chi connectivity index (χ4n) is 3.26. The fourth-order valence-corrected chi connectivity index (χ4v) is 3.26. The highest BCUT2D eigenvalue weighted by atomic mass is 127. The monoisotopic (exact) mass is 527 g/mol. The standard InChI is InChI=1S/C20H32F3N5.HI/c1-3-24-19(25-4-2)26-10-5-6-11-27-12-14-28(15-13-27)18-9-7-8-17(16-18)20(21,22)23;/h7-9,16H,3-6,10-15H2,1-2H3,(H2,24,25,26);1H. The number of hydrogen-bond donors (Lipinski definition) is 2. The van der Waals surface area contributed by atoms with Crippen molar-refractivity contribution in [3.63, 3.8) is 0 Å². The predicted molar refractivity (Wildman–Crippen MR) is 124 cm³/mol. The minimum atomic E-state index is -4.29. The smallest absolute Gasteiger partial charge is 0.369 e. The molecule has 0 unspecified atom stereocenters. The molecule has 1 aliphatic rings. The molecular formula is C20H33F3IN5. The first kappa shape index (κ1) is 25.8. The summed E-state index contributed by atoms with van der Waals surface area (Å²) in [5, 5.41) is 6.42. The molecule has 2 N–H and O–H groups in total. The quantitative estimate of drug-likeness (QED) is 0.234. The highest BCUT2D eigenvalue weighted by Crippen LogP contribution is 2.31. The molecular weight excluding hydrogens is 494 g/mol. The molecule has 0 spiro atoms. The van der Waals surface area contributed by atoms with Crippen molar-refractivity contribution in [2.45, 2.75) is 32.9 Å². The number of anilines is 1. The molecule has 1 fully saturated rings. The van der Waals surface area contributed by atoms with Crippen LogP contribution in [0.3, 0.4) is 0 Å². The van der Waals surface area contributed by atoms with Crippen LogP contribution in [-0.2, 0) is 6.18 Å². The summed E-state index contributed by atoms with van der Waals surface area (Å²) in [4.78, 5) is 8.96. The summed E-state index contributed by atoms with van der Waals surface area (Å²) in [6.07, 6.45) is -2.20. The highest BCUT2D eigenvalue weighted by Gasteiger charge is 2.31. The van der Waals surface area contributed by atoms with Crippen molar-refractivity contribution in [2.75, 3.05) is 57.3 Å². The summed E-state index contributed by atoms with van der Waals surface area (Å²) < 4.78 is 38.7. The van der Waals surface area contributed by atoms with E-state index in [1.54, 1.807) is 6.07 Å². The van der Waals surface area contributed by atoms with Gasteiger partial charge in [-0.25, -0.2) is 0 Å². The van der Waals surface area contributed by atoms with Crippen molar-refractivity contribution in [3.8, 4) is 0 Å². The van der Waals surface area contributed by atoms with Crippen molar-refractivity contribution in [3.05, 3.63) is 29.8 Å². The molecule has 29 heavy (non-hydrogen) atoms. The van der Waals surface area contributed by atoms with Gasteiger partial charge in [0.2, 0.25) is 0 Å². The summed E-state index contributed by atoms with van der Waals surface area (Å²) in [6.45, 7) is 10.8. The average molecular weight is 527 g/mol. The van der Waals surface area contributed by atoms with Crippen LogP contribution >= 0.6 is 24.0 Å². The summed E-state index contributed by atoms with van der Waals surface area (Å²) in [5.41, 5.74) is 0.0747. The molecule has 0 bridgehead atoms. The summed E-state index contributed by atoms with van der Waals surface area (Å²) >= 11 is 0. The Kier molecular flexibility index (Phi) is 11.7. The van der Waals surface area contributed by atoms with E-state index in [4.69, 9.17) is 0 Å². The van der Waals surface area contributed by atoms with Crippen molar-refractivity contribution in [1.82, 2.24) is 15.5 Å². The van der Waals surface area contributed by atoms with E-state index in [9.17, 15) is 13.2 Å². The first-order valence-electron chi connectivity index (χ1n) is 10.1. The molecule has 0 radical (unpaired) electrons. The van der Waals surface area contributed by atoms with Gasteiger partial charge < -0.3 is 15.5 Å². The molecule has 166 valence electrons. The van der Waals surface area contributed by atoms with Gasteiger partial charge in [0, 0.05) is 51.5 Å². The number of halogens is 4. The zero-order chi connectivity index (χ0) is 20.4. The summed E-state index contributed by atoms with van der Waals surface area (Å²) in [5.74, 6) is 0.861. The lowest BCUT2D eigenvalue weighted by Gasteiger charge is -2.36. The zero-order valence-corrected chi connectivity index (χ0v) is 19.6. The molecule has 0 aliphatic carbocycles. The van der Waals surface area contributed by atoms with Gasteiger partial charge >= 0.3 is 6.18 Å². The molecule has 1 aromatic carbocycles. The molecule has 1 aliphatic heterocycles. The van der Waals surface area contributed by atoms with Gasteiger partial charge in [0.05, 0.1) is 5.56 Å². The number of aliphatic imine (C=N–C) groups is 1. The maximum absolute atomic E-state index is 12.9. The van der Waals surface area contributed by atoms with Gasteiger partial charge in [-0.15, -0.1) is 24.0 Å². The Morgan fingerprint density at radius 1 is 1.03 bits per heavy atom. The Morgan fingerprint density at radius 3 is 2.28 bits per heavy atom. The third-order valence-electron chi connectivity index (χ3n) is 4.75. The van der Waals surface area contributed by atoms with Gasteiger partial charge in [0.1, 0.15) is 0 Å². The SMILES string of the molecule is CCNC(=NCCCCN1CCN(c2cccc(C(F)(F)F)c2)CC1)NCC.I. The molecule has 0 aromatic heterocycles. The van der Waals surface area contributed by atoms with Crippen LogP contribution in [0.2, 0.25) is 0 Å². The molecule has 1 saturated heterocycles. The van der Waals surface area contributed by atoms with Gasteiger partial charge in [0.25, 0.3) is 0 Å². The second-order valence-corrected chi connectivity index (χ2v) is 6.87. The molecule has 0 atom stereocenters. The average Bonchev–Trinajstić information content (AvgIpc) is 2.68. The molecule has 5 nitrogen and oxygen atoms in total. The Hall–Kier alpha value is -1.23. The fraction of sp³-hybridized carbons (Fsp3) is 0.650. The number of hydrogen-bond acceptors (Lipinski definition) is 3. The third kappa shape index (κ3) is 8.98. The second kappa shape index (κ2) is 13.1. The van der Waals surface area contributed by atoms with Crippen molar-refractivity contribution >= 4 is 35.6 Å². The van der Waals surface area contributed by atoms with E-state index in [0.717, 1.165) is 77.2 Å². The Morgan fingerprint density at radius 2 is 1.69 bits per heavy atom.